The minimum atomic E-state index is -0.449. The molecule has 0 radical (unpaired) electrons. The minimum Gasteiger partial charge on any atom is -0.460 e. The van der Waals surface area contributed by atoms with Crippen LogP contribution in [0.4, 0.5) is 4.79 Å². The van der Waals surface area contributed by atoms with E-state index in [2.05, 4.69) is 14.7 Å². The van der Waals surface area contributed by atoms with Crippen LogP contribution in [-0.2, 0) is 20.9 Å². The van der Waals surface area contributed by atoms with E-state index in [4.69, 9.17) is 9.47 Å². The van der Waals surface area contributed by atoms with Crippen molar-refractivity contribution < 1.29 is 19.1 Å². The van der Waals surface area contributed by atoms with Crippen molar-refractivity contribution in [2.24, 2.45) is 0 Å². The van der Waals surface area contributed by atoms with Gasteiger partial charge in [0.25, 0.3) is 0 Å². The molecule has 3 rings (SSSR count). The lowest BCUT2D eigenvalue weighted by Gasteiger charge is -2.38. The zero-order valence-electron chi connectivity index (χ0n) is 19.8. The fourth-order valence-electron chi connectivity index (χ4n) is 3.90. The number of amides is 1. The van der Waals surface area contributed by atoms with E-state index in [0.717, 1.165) is 57.9 Å². The van der Waals surface area contributed by atoms with Crippen LogP contribution in [0.1, 0.15) is 26.3 Å². The molecule has 0 saturated carbocycles. The van der Waals surface area contributed by atoms with Crippen LogP contribution in [0.3, 0.4) is 0 Å². The Hall–Kier alpha value is -2.16. The molecule has 0 N–H and O–H groups in total. The summed E-state index contributed by atoms with van der Waals surface area (Å²) in [5, 5.41) is 0. The molecule has 0 bridgehead atoms. The molecule has 2 aliphatic rings. The van der Waals surface area contributed by atoms with Gasteiger partial charge in [-0.15, -0.1) is 0 Å². The Morgan fingerprint density at radius 1 is 0.812 bits per heavy atom. The second-order valence-corrected chi connectivity index (χ2v) is 9.57. The Balaban J connectivity index is 1.26. The van der Waals surface area contributed by atoms with Crippen molar-refractivity contribution >= 4 is 12.1 Å². The number of hydrogen-bond donors (Lipinski definition) is 0. The summed E-state index contributed by atoms with van der Waals surface area (Å²) in [4.78, 5) is 33.1. The molecule has 2 heterocycles. The van der Waals surface area contributed by atoms with Crippen LogP contribution in [0.2, 0.25) is 0 Å². The number of esters is 1. The second-order valence-electron chi connectivity index (χ2n) is 9.57. The van der Waals surface area contributed by atoms with E-state index >= 15 is 0 Å². The van der Waals surface area contributed by atoms with Gasteiger partial charge in [-0.2, -0.15) is 0 Å². The molecule has 8 heteroatoms. The van der Waals surface area contributed by atoms with E-state index < -0.39 is 5.60 Å². The lowest BCUT2D eigenvalue weighted by Crippen LogP contribution is -2.53. The van der Waals surface area contributed by atoms with Crippen LogP contribution in [0.5, 0.6) is 0 Å². The highest BCUT2D eigenvalue weighted by Crippen LogP contribution is 2.12. The lowest BCUT2D eigenvalue weighted by atomic mass is 10.2. The highest BCUT2D eigenvalue weighted by Gasteiger charge is 2.26. The molecule has 1 aromatic rings. The fraction of sp³-hybridized carbons (Fsp3) is 0.667. The molecule has 32 heavy (non-hydrogen) atoms. The molecule has 2 saturated heterocycles. The monoisotopic (exact) mass is 446 g/mol. The molecule has 0 unspecified atom stereocenters. The highest BCUT2D eigenvalue weighted by atomic mass is 16.6. The molecule has 0 spiro atoms. The van der Waals surface area contributed by atoms with Gasteiger partial charge in [0.15, 0.2) is 0 Å². The van der Waals surface area contributed by atoms with Gasteiger partial charge in [0, 0.05) is 65.4 Å². The van der Waals surface area contributed by atoms with Crippen molar-refractivity contribution in [3.63, 3.8) is 0 Å². The molecule has 2 fully saturated rings. The predicted molar refractivity (Wildman–Crippen MR) is 123 cm³/mol. The van der Waals surface area contributed by atoms with Crippen molar-refractivity contribution in [2.45, 2.75) is 33.0 Å². The molecule has 1 aromatic carbocycles. The summed E-state index contributed by atoms with van der Waals surface area (Å²) >= 11 is 0. The Morgan fingerprint density at radius 3 is 1.91 bits per heavy atom. The first kappa shape index (κ1) is 24.5. The summed E-state index contributed by atoms with van der Waals surface area (Å²) in [6.45, 7) is 15.3. The highest BCUT2D eigenvalue weighted by molar-refractivity contribution is 5.71. The first-order valence-electron chi connectivity index (χ1n) is 11.6. The second kappa shape index (κ2) is 11.6. The van der Waals surface area contributed by atoms with Crippen LogP contribution >= 0.6 is 0 Å². The summed E-state index contributed by atoms with van der Waals surface area (Å²) in [5.74, 6) is -0.162. The number of nitrogens with zero attached hydrogens (tertiary/aromatic N) is 4. The van der Waals surface area contributed by atoms with Crippen molar-refractivity contribution in [3.8, 4) is 0 Å². The maximum Gasteiger partial charge on any atom is 0.410 e. The van der Waals surface area contributed by atoms with Crippen molar-refractivity contribution in [1.29, 1.82) is 0 Å². The van der Waals surface area contributed by atoms with Crippen molar-refractivity contribution in [2.75, 3.05) is 72.0 Å². The number of benzene rings is 1. The van der Waals surface area contributed by atoms with Crippen LogP contribution in [0.15, 0.2) is 30.3 Å². The first-order valence-corrected chi connectivity index (χ1v) is 11.6. The topological polar surface area (TPSA) is 65.6 Å². The van der Waals surface area contributed by atoms with Gasteiger partial charge in [0.2, 0.25) is 0 Å². The normalized spacial score (nSPS) is 19.0. The van der Waals surface area contributed by atoms with E-state index in [-0.39, 0.29) is 12.1 Å². The largest absolute Gasteiger partial charge is 0.460 e. The summed E-state index contributed by atoms with van der Waals surface area (Å²) in [6.07, 6.45) is -0.212. The van der Waals surface area contributed by atoms with Crippen LogP contribution in [0.25, 0.3) is 0 Å². The first-order chi connectivity index (χ1) is 15.3. The number of piperazine rings is 2. The summed E-state index contributed by atoms with van der Waals surface area (Å²) < 4.78 is 10.9. The van der Waals surface area contributed by atoms with Crippen molar-refractivity contribution in [3.05, 3.63) is 35.9 Å². The molecule has 8 nitrogen and oxygen atoms in total. The Morgan fingerprint density at radius 2 is 1.34 bits per heavy atom. The summed E-state index contributed by atoms with van der Waals surface area (Å²) in [7, 11) is 0. The van der Waals surface area contributed by atoms with Crippen molar-refractivity contribution in [1.82, 2.24) is 19.6 Å². The molecule has 0 aromatic heterocycles. The van der Waals surface area contributed by atoms with Crippen LogP contribution in [0, 0.1) is 0 Å². The average molecular weight is 447 g/mol. The molecule has 1 amide bonds. The molecular formula is C24H38N4O4. The maximum absolute atomic E-state index is 12.2. The number of ether oxygens (including phenoxy) is 2. The minimum absolute atomic E-state index is 0.162. The number of carbonyl (C=O) groups excluding carboxylic acids is 2. The molecule has 0 aliphatic carbocycles. The Labute approximate surface area is 192 Å². The van der Waals surface area contributed by atoms with Gasteiger partial charge in [0.05, 0.1) is 6.54 Å². The number of hydrogen-bond acceptors (Lipinski definition) is 7. The van der Waals surface area contributed by atoms with Gasteiger partial charge in [-0.25, -0.2) is 4.79 Å². The van der Waals surface area contributed by atoms with Gasteiger partial charge in [0.1, 0.15) is 12.2 Å². The van der Waals surface area contributed by atoms with Gasteiger partial charge >= 0.3 is 12.1 Å². The van der Waals surface area contributed by atoms with E-state index in [1.54, 1.807) is 4.90 Å². The van der Waals surface area contributed by atoms with E-state index in [1.807, 2.05) is 51.1 Å². The third-order valence-electron chi connectivity index (χ3n) is 5.82. The standard InChI is InChI=1S/C24H38N4O4/c1-24(2,3)32-23(30)28-17-15-26(16-18-28)10-9-25-11-13-27(14-12-25)19-22(29)31-20-21-7-5-4-6-8-21/h4-8H,9-20H2,1-3H3. The Bertz CT molecular complexity index is 721. The SMILES string of the molecule is CC(C)(C)OC(=O)N1CCN(CCN2CCN(CC(=O)OCc3ccccc3)CC2)CC1. The van der Waals surface area contributed by atoms with Crippen LogP contribution in [-0.4, -0.2) is 109 Å². The Kier molecular flexibility index (Phi) is 8.90. The molecule has 0 atom stereocenters. The fourth-order valence-corrected chi connectivity index (χ4v) is 3.90. The number of rotatable bonds is 7. The quantitative estimate of drug-likeness (QED) is 0.593. The third kappa shape index (κ3) is 8.41. The number of carbonyl (C=O) groups is 2. The van der Waals surface area contributed by atoms with E-state index in [1.165, 1.54) is 0 Å². The summed E-state index contributed by atoms with van der Waals surface area (Å²) in [5.41, 5.74) is 0.562. The molecular weight excluding hydrogens is 408 g/mol. The lowest BCUT2D eigenvalue weighted by molar-refractivity contribution is -0.146. The molecule has 178 valence electrons. The predicted octanol–water partition coefficient (Wildman–Crippen LogP) is 1.90. The van der Waals surface area contributed by atoms with Gasteiger partial charge < -0.3 is 14.4 Å². The van der Waals surface area contributed by atoms with E-state index in [0.29, 0.717) is 26.2 Å². The smallest absolute Gasteiger partial charge is 0.410 e. The maximum atomic E-state index is 12.2. The van der Waals surface area contributed by atoms with Gasteiger partial charge in [-0.1, -0.05) is 30.3 Å². The average Bonchev–Trinajstić information content (AvgIpc) is 2.77. The zero-order valence-corrected chi connectivity index (χ0v) is 19.8. The van der Waals surface area contributed by atoms with Gasteiger partial charge in [-0.3, -0.25) is 19.5 Å². The van der Waals surface area contributed by atoms with Crippen LogP contribution < -0.4 is 0 Å². The zero-order chi connectivity index (χ0) is 23.0. The van der Waals surface area contributed by atoms with Gasteiger partial charge in [-0.05, 0) is 26.3 Å². The third-order valence-corrected chi connectivity index (χ3v) is 5.82. The summed E-state index contributed by atoms with van der Waals surface area (Å²) in [6, 6.07) is 9.77. The van der Waals surface area contributed by atoms with E-state index in [9.17, 15) is 9.59 Å². The molecule has 2 aliphatic heterocycles.